The van der Waals surface area contributed by atoms with E-state index in [0.717, 1.165) is 24.1 Å². The first-order valence-corrected chi connectivity index (χ1v) is 6.21. The fourth-order valence-corrected chi connectivity index (χ4v) is 2.34. The lowest BCUT2D eigenvalue weighted by Crippen LogP contribution is -2.25. The molecule has 1 fully saturated rings. The van der Waals surface area contributed by atoms with Crippen LogP contribution in [0.1, 0.15) is 6.42 Å². The van der Waals surface area contributed by atoms with Gasteiger partial charge in [-0.1, -0.05) is 12.1 Å². The number of anilines is 1. The highest BCUT2D eigenvalue weighted by molar-refractivity contribution is 7.16. The Morgan fingerprint density at radius 3 is 2.88 bits per heavy atom. The molecule has 0 radical (unpaired) electrons. The van der Waals surface area contributed by atoms with Gasteiger partial charge in [0.05, 0.1) is 12.8 Å². The Hall–Kier alpha value is -1.08. The third-order valence-corrected chi connectivity index (χ3v) is 3.58. The molecule has 2 atom stereocenters. The van der Waals surface area contributed by atoms with Crippen molar-refractivity contribution in [3.63, 3.8) is 0 Å². The van der Waals surface area contributed by atoms with E-state index in [0.29, 0.717) is 12.3 Å². The van der Waals surface area contributed by atoms with Crippen LogP contribution in [0.25, 0.3) is 0 Å². The fraction of sp³-hybridized carbons (Fsp3) is 0.417. The molecular weight excluding hydrogens is 221 g/mol. The smallest absolute Gasteiger partial charge is 0.227 e. The molecule has 1 aliphatic heterocycles. The Kier molecular flexibility index (Phi) is 3.45. The zero-order valence-electron chi connectivity index (χ0n) is 9.35. The lowest BCUT2D eigenvalue weighted by molar-refractivity contribution is -0.117. The van der Waals surface area contributed by atoms with Crippen LogP contribution in [0.3, 0.4) is 0 Å². The lowest BCUT2D eigenvalue weighted by Gasteiger charge is -2.19. The van der Waals surface area contributed by atoms with Crippen LogP contribution in [-0.2, 0) is 4.79 Å². The van der Waals surface area contributed by atoms with Crippen LogP contribution in [0.5, 0.6) is 5.75 Å². The molecule has 16 heavy (non-hydrogen) atoms. The topological polar surface area (TPSA) is 29.5 Å². The van der Waals surface area contributed by atoms with Gasteiger partial charge >= 0.3 is 0 Å². The molecule has 1 heterocycles. The minimum absolute atomic E-state index is 0.192. The number of ether oxygens (including phenoxy) is 1. The van der Waals surface area contributed by atoms with Crippen molar-refractivity contribution in [3.05, 3.63) is 24.3 Å². The van der Waals surface area contributed by atoms with E-state index in [1.54, 1.807) is 7.11 Å². The number of nitrogens with zero attached hydrogens (tertiary/aromatic N) is 1. The first kappa shape index (κ1) is 11.4. The molecule has 2 rings (SSSR count). The highest BCUT2D eigenvalue weighted by Gasteiger charge is 2.30. The number of benzene rings is 1. The molecule has 1 aromatic rings. The number of para-hydroxylation sites is 2. The standard InChI is InChI=1S/C12H16NO2P/c1-15-11-5-3-2-4-10(11)13-7-9(8-16)6-12(13)14/h2-5,9H,6-8,16H2,1H3. The Bertz CT molecular complexity index is 394. The normalized spacial score (nSPS) is 20.2. The largest absolute Gasteiger partial charge is 0.495 e. The molecule has 1 saturated heterocycles. The summed E-state index contributed by atoms with van der Waals surface area (Å²) in [5, 5.41) is 0. The molecule has 0 saturated carbocycles. The summed E-state index contributed by atoms with van der Waals surface area (Å²) in [4.78, 5) is 13.7. The van der Waals surface area contributed by atoms with Crippen molar-refractivity contribution in [2.24, 2.45) is 5.92 Å². The van der Waals surface area contributed by atoms with Crippen molar-refractivity contribution in [2.75, 3.05) is 24.7 Å². The zero-order valence-corrected chi connectivity index (χ0v) is 10.5. The van der Waals surface area contributed by atoms with Crippen LogP contribution in [0.4, 0.5) is 5.69 Å². The van der Waals surface area contributed by atoms with E-state index in [2.05, 4.69) is 9.24 Å². The summed E-state index contributed by atoms with van der Waals surface area (Å²) < 4.78 is 5.28. The summed E-state index contributed by atoms with van der Waals surface area (Å²) in [6.07, 6.45) is 1.61. The SMILES string of the molecule is COc1ccccc1N1CC(CP)CC1=O. The van der Waals surface area contributed by atoms with E-state index in [4.69, 9.17) is 4.74 Å². The summed E-state index contributed by atoms with van der Waals surface area (Å²) in [5.41, 5.74) is 0.885. The summed E-state index contributed by atoms with van der Waals surface area (Å²) in [5.74, 6) is 1.40. The van der Waals surface area contributed by atoms with E-state index in [1.807, 2.05) is 29.2 Å². The van der Waals surface area contributed by atoms with Crippen molar-refractivity contribution >= 4 is 20.8 Å². The van der Waals surface area contributed by atoms with Crippen LogP contribution in [0.15, 0.2) is 24.3 Å². The van der Waals surface area contributed by atoms with Gasteiger partial charge in [-0.3, -0.25) is 4.79 Å². The number of rotatable bonds is 3. The third-order valence-electron chi connectivity index (χ3n) is 2.91. The van der Waals surface area contributed by atoms with Crippen molar-refractivity contribution < 1.29 is 9.53 Å². The first-order chi connectivity index (χ1) is 7.76. The Balaban J connectivity index is 2.27. The second-order valence-corrected chi connectivity index (χ2v) is 4.45. The highest BCUT2D eigenvalue weighted by atomic mass is 31.0. The van der Waals surface area contributed by atoms with E-state index in [-0.39, 0.29) is 5.91 Å². The third kappa shape index (κ3) is 2.05. The quantitative estimate of drug-likeness (QED) is 0.752. The van der Waals surface area contributed by atoms with Gasteiger partial charge in [-0.25, -0.2) is 0 Å². The Morgan fingerprint density at radius 2 is 2.25 bits per heavy atom. The predicted octanol–water partition coefficient (Wildman–Crippen LogP) is 1.92. The summed E-state index contributed by atoms with van der Waals surface area (Å²) >= 11 is 0. The minimum atomic E-state index is 0.192. The van der Waals surface area contributed by atoms with Crippen LogP contribution in [0.2, 0.25) is 0 Å². The molecule has 4 heteroatoms. The zero-order chi connectivity index (χ0) is 11.5. The maximum Gasteiger partial charge on any atom is 0.227 e. The van der Waals surface area contributed by atoms with Crippen molar-refractivity contribution in [3.8, 4) is 5.75 Å². The summed E-state index contributed by atoms with van der Waals surface area (Å²) in [6.45, 7) is 0.794. The van der Waals surface area contributed by atoms with Gasteiger partial charge in [0.25, 0.3) is 0 Å². The minimum Gasteiger partial charge on any atom is -0.495 e. The van der Waals surface area contributed by atoms with E-state index < -0.39 is 0 Å². The lowest BCUT2D eigenvalue weighted by atomic mass is 10.1. The Labute approximate surface area is 98.0 Å². The molecule has 3 nitrogen and oxygen atoms in total. The molecule has 0 aliphatic carbocycles. The van der Waals surface area contributed by atoms with E-state index >= 15 is 0 Å². The molecule has 0 aromatic heterocycles. The van der Waals surface area contributed by atoms with Gasteiger partial charge in [-0.15, -0.1) is 9.24 Å². The summed E-state index contributed by atoms with van der Waals surface area (Å²) in [7, 11) is 4.34. The molecular formula is C12H16NO2P. The molecule has 0 N–H and O–H groups in total. The van der Waals surface area contributed by atoms with E-state index in [1.165, 1.54) is 0 Å². The molecule has 0 bridgehead atoms. The number of hydrogen-bond acceptors (Lipinski definition) is 2. The molecule has 0 spiro atoms. The second-order valence-electron chi connectivity index (χ2n) is 3.98. The number of carbonyl (C=O) groups excluding carboxylic acids is 1. The average molecular weight is 237 g/mol. The monoisotopic (exact) mass is 237 g/mol. The highest BCUT2D eigenvalue weighted by Crippen LogP contribution is 2.32. The Morgan fingerprint density at radius 1 is 1.50 bits per heavy atom. The number of methoxy groups -OCH3 is 1. The average Bonchev–Trinajstić information content (AvgIpc) is 2.70. The van der Waals surface area contributed by atoms with Crippen LogP contribution in [-0.4, -0.2) is 25.7 Å². The van der Waals surface area contributed by atoms with Crippen molar-refractivity contribution in [1.29, 1.82) is 0 Å². The van der Waals surface area contributed by atoms with Gasteiger partial charge in [-0.05, 0) is 24.2 Å². The van der Waals surface area contributed by atoms with Crippen LogP contribution >= 0.6 is 9.24 Å². The summed E-state index contributed by atoms with van der Waals surface area (Å²) in [6, 6.07) is 7.66. The second kappa shape index (κ2) is 4.84. The van der Waals surface area contributed by atoms with Crippen molar-refractivity contribution in [2.45, 2.75) is 6.42 Å². The van der Waals surface area contributed by atoms with Gasteiger partial charge in [0.1, 0.15) is 5.75 Å². The van der Waals surface area contributed by atoms with Crippen LogP contribution in [0, 0.1) is 5.92 Å². The molecule has 1 amide bonds. The maximum absolute atomic E-state index is 11.9. The van der Waals surface area contributed by atoms with Gasteiger partial charge < -0.3 is 9.64 Å². The molecule has 86 valence electrons. The van der Waals surface area contributed by atoms with Crippen LogP contribution < -0.4 is 9.64 Å². The first-order valence-electron chi connectivity index (χ1n) is 5.39. The van der Waals surface area contributed by atoms with Gasteiger partial charge in [0.15, 0.2) is 0 Å². The number of carbonyl (C=O) groups is 1. The molecule has 2 unspecified atom stereocenters. The number of hydrogen-bond donors (Lipinski definition) is 0. The van der Waals surface area contributed by atoms with Gasteiger partial charge in [0.2, 0.25) is 5.91 Å². The predicted molar refractivity (Wildman–Crippen MR) is 68.0 cm³/mol. The molecule has 1 aromatic carbocycles. The van der Waals surface area contributed by atoms with Gasteiger partial charge in [0, 0.05) is 13.0 Å². The molecule has 1 aliphatic rings. The van der Waals surface area contributed by atoms with E-state index in [9.17, 15) is 4.79 Å². The maximum atomic E-state index is 11.9. The van der Waals surface area contributed by atoms with Gasteiger partial charge in [-0.2, -0.15) is 0 Å². The van der Waals surface area contributed by atoms with Crippen molar-refractivity contribution in [1.82, 2.24) is 0 Å². The number of amides is 1. The fourth-order valence-electron chi connectivity index (χ4n) is 2.03.